The van der Waals surface area contributed by atoms with Crippen molar-refractivity contribution >= 4 is 0 Å². The van der Waals surface area contributed by atoms with Crippen molar-refractivity contribution in [1.82, 2.24) is 10.2 Å². The third-order valence-corrected chi connectivity index (χ3v) is 5.27. The fourth-order valence-corrected chi connectivity index (χ4v) is 3.96. The molecule has 3 fully saturated rings. The summed E-state index contributed by atoms with van der Waals surface area (Å²) in [5, 5.41) is 3.40. The summed E-state index contributed by atoms with van der Waals surface area (Å²) in [5.74, 6) is 2.92. The largest absolute Gasteiger partial charge is 0.316 e. The van der Waals surface area contributed by atoms with E-state index in [4.69, 9.17) is 0 Å². The average Bonchev–Trinajstić information content (AvgIpc) is 2.59. The van der Waals surface area contributed by atoms with Crippen molar-refractivity contribution in [2.45, 2.75) is 45.1 Å². The van der Waals surface area contributed by atoms with Gasteiger partial charge in [0.25, 0.3) is 0 Å². The summed E-state index contributed by atoms with van der Waals surface area (Å²) in [6, 6.07) is 0.962. The molecule has 0 radical (unpaired) electrons. The number of hydrogen-bond acceptors (Lipinski definition) is 2. The molecule has 0 bridgehead atoms. The number of rotatable bonds is 3. The van der Waals surface area contributed by atoms with E-state index in [9.17, 15) is 0 Å². The van der Waals surface area contributed by atoms with Crippen LogP contribution >= 0.6 is 0 Å². The van der Waals surface area contributed by atoms with Crippen LogP contribution in [0.15, 0.2) is 0 Å². The molecule has 2 heterocycles. The van der Waals surface area contributed by atoms with Gasteiger partial charge >= 0.3 is 0 Å². The third-order valence-electron chi connectivity index (χ3n) is 5.27. The normalized spacial score (nSPS) is 38.1. The lowest BCUT2D eigenvalue weighted by Crippen LogP contribution is -2.49. The van der Waals surface area contributed by atoms with Gasteiger partial charge in [-0.3, -0.25) is 4.90 Å². The smallest absolute Gasteiger partial charge is 0.0124 e. The van der Waals surface area contributed by atoms with Crippen LogP contribution in [0.3, 0.4) is 0 Å². The number of likely N-dealkylation sites (tertiary alicyclic amines) is 1. The first kappa shape index (κ1) is 11.0. The summed E-state index contributed by atoms with van der Waals surface area (Å²) in [4.78, 5) is 2.83. The molecule has 0 spiro atoms. The fourth-order valence-electron chi connectivity index (χ4n) is 3.96. The summed E-state index contributed by atoms with van der Waals surface area (Å²) in [6.07, 6.45) is 7.47. The minimum atomic E-state index is 0.905. The second kappa shape index (κ2) is 4.66. The number of fused-ring (bicyclic) bond motifs is 1. The Morgan fingerprint density at radius 1 is 1.19 bits per heavy atom. The maximum atomic E-state index is 3.40. The lowest BCUT2D eigenvalue weighted by molar-refractivity contribution is 0.128. The van der Waals surface area contributed by atoms with E-state index >= 15 is 0 Å². The quantitative estimate of drug-likeness (QED) is 0.787. The van der Waals surface area contributed by atoms with Gasteiger partial charge in [-0.1, -0.05) is 19.8 Å². The Balaban J connectivity index is 1.54. The van der Waals surface area contributed by atoms with Gasteiger partial charge in [-0.25, -0.2) is 0 Å². The van der Waals surface area contributed by atoms with Crippen molar-refractivity contribution < 1.29 is 0 Å². The van der Waals surface area contributed by atoms with E-state index in [0.29, 0.717) is 0 Å². The van der Waals surface area contributed by atoms with Crippen LogP contribution in [0.5, 0.6) is 0 Å². The maximum absolute atomic E-state index is 3.40. The van der Waals surface area contributed by atoms with Crippen molar-refractivity contribution in [3.63, 3.8) is 0 Å². The summed E-state index contributed by atoms with van der Waals surface area (Å²) >= 11 is 0. The van der Waals surface area contributed by atoms with E-state index in [1.807, 2.05) is 0 Å². The minimum absolute atomic E-state index is 0.905. The van der Waals surface area contributed by atoms with Crippen LogP contribution in [-0.4, -0.2) is 37.1 Å². The Hall–Kier alpha value is -0.0800. The molecule has 92 valence electrons. The number of nitrogens with zero attached hydrogens (tertiary/aromatic N) is 1. The molecule has 0 aromatic heterocycles. The SMILES string of the molecule is CC(CN1CCC2CCCCC21)C1CNC1. The van der Waals surface area contributed by atoms with Crippen LogP contribution in [0.4, 0.5) is 0 Å². The Labute approximate surface area is 99.8 Å². The van der Waals surface area contributed by atoms with Crippen molar-refractivity contribution in [1.29, 1.82) is 0 Å². The highest BCUT2D eigenvalue weighted by Crippen LogP contribution is 2.36. The number of nitrogens with one attached hydrogen (secondary N) is 1. The first-order chi connectivity index (χ1) is 7.84. The molecular weight excluding hydrogens is 196 g/mol. The van der Waals surface area contributed by atoms with E-state index in [0.717, 1.165) is 23.8 Å². The van der Waals surface area contributed by atoms with Crippen molar-refractivity contribution in [3.8, 4) is 0 Å². The number of hydrogen-bond donors (Lipinski definition) is 1. The molecule has 1 N–H and O–H groups in total. The van der Waals surface area contributed by atoms with Crippen molar-refractivity contribution in [2.75, 3.05) is 26.2 Å². The highest BCUT2D eigenvalue weighted by atomic mass is 15.2. The van der Waals surface area contributed by atoms with Crippen LogP contribution in [0.2, 0.25) is 0 Å². The molecule has 0 aromatic rings. The predicted octanol–water partition coefficient (Wildman–Crippen LogP) is 2.11. The Morgan fingerprint density at radius 3 is 2.75 bits per heavy atom. The van der Waals surface area contributed by atoms with E-state index in [1.54, 1.807) is 0 Å². The Kier molecular flexibility index (Phi) is 3.21. The van der Waals surface area contributed by atoms with Crippen molar-refractivity contribution in [3.05, 3.63) is 0 Å². The van der Waals surface area contributed by atoms with E-state index in [1.165, 1.54) is 58.3 Å². The first-order valence-electron chi connectivity index (χ1n) is 7.29. The molecule has 2 aliphatic heterocycles. The van der Waals surface area contributed by atoms with Crippen LogP contribution in [-0.2, 0) is 0 Å². The molecule has 2 heteroatoms. The Morgan fingerprint density at radius 2 is 2.00 bits per heavy atom. The molecule has 2 nitrogen and oxygen atoms in total. The van der Waals surface area contributed by atoms with Gasteiger partial charge < -0.3 is 5.32 Å². The van der Waals surface area contributed by atoms with Gasteiger partial charge in [0.05, 0.1) is 0 Å². The lowest BCUT2D eigenvalue weighted by Gasteiger charge is -2.38. The van der Waals surface area contributed by atoms with Crippen LogP contribution in [0.25, 0.3) is 0 Å². The van der Waals surface area contributed by atoms with Crippen LogP contribution < -0.4 is 5.32 Å². The molecule has 0 aromatic carbocycles. The molecule has 3 atom stereocenters. The molecule has 2 saturated heterocycles. The summed E-state index contributed by atoms with van der Waals surface area (Å²) in [6.45, 7) is 7.75. The molecule has 3 unspecified atom stereocenters. The second-order valence-electron chi connectivity index (χ2n) is 6.29. The topological polar surface area (TPSA) is 15.3 Å². The van der Waals surface area contributed by atoms with Gasteiger partial charge in [-0.05, 0) is 56.7 Å². The van der Waals surface area contributed by atoms with Gasteiger partial charge in [-0.2, -0.15) is 0 Å². The first-order valence-corrected chi connectivity index (χ1v) is 7.29. The highest BCUT2D eigenvalue weighted by molar-refractivity contribution is 4.91. The summed E-state index contributed by atoms with van der Waals surface area (Å²) in [5.41, 5.74) is 0. The third kappa shape index (κ3) is 2.02. The molecule has 0 amide bonds. The lowest BCUT2D eigenvalue weighted by atomic mass is 9.84. The van der Waals surface area contributed by atoms with Gasteiger partial charge in [0, 0.05) is 12.6 Å². The minimum Gasteiger partial charge on any atom is -0.316 e. The molecular formula is C14H26N2. The average molecular weight is 222 g/mol. The molecule has 3 rings (SSSR count). The van der Waals surface area contributed by atoms with E-state index in [2.05, 4.69) is 17.1 Å². The zero-order chi connectivity index (χ0) is 11.0. The molecule has 1 aliphatic carbocycles. The summed E-state index contributed by atoms with van der Waals surface area (Å²) < 4.78 is 0. The zero-order valence-electron chi connectivity index (χ0n) is 10.6. The molecule has 16 heavy (non-hydrogen) atoms. The van der Waals surface area contributed by atoms with Gasteiger partial charge in [0.2, 0.25) is 0 Å². The zero-order valence-corrected chi connectivity index (χ0v) is 10.6. The van der Waals surface area contributed by atoms with Crippen LogP contribution in [0.1, 0.15) is 39.0 Å². The van der Waals surface area contributed by atoms with Crippen LogP contribution in [0, 0.1) is 17.8 Å². The molecule has 3 aliphatic rings. The maximum Gasteiger partial charge on any atom is 0.0124 e. The van der Waals surface area contributed by atoms with Crippen molar-refractivity contribution in [2.24, 2.45) is 17.8 Å². The van der Waals surface area contributed by atoms with E-state index < -0.39 is 0 Å². The van der Waals surface area contributed by atoms with E-state index in [-0.39, 0.29) is 0 Å². The fraction of sp³-hybridized carbons (Fsp3) is 1.00. The summed E-state index contributed by atoms with van der Waals surface area (Å²) in [7, 11) is 0. The van der Waals surface area contributed by atoms with Gasteiger partial charge in [-0.15, -0.1) is 0 Å². The highest BCUT2D eigenvalue weighted by Gasteiger charge is 2.37. The molecule has 1 saturated carbocycles. The Bertz CT molecular complexity index is 237. The van der Waals surface area contributed by atoms with Gasteiger partial charge in [0.1, 0.15) is 0 Å². The predicted molar refractivity (Wildman–Crippen MR) is 67.5 cm³/mol. The monoisotopic (exact) mass is 222 g/mol. The second-order valence-corrected chi connectivity index (χ2v) is 6.29. The van der Waals surface area contributed by atoms with Gasteiger partial charge in [0.15, 0.2) is 0 Å². The standard InChI is InChI=1S/C14H26N2/c1-11(13-8-15-9-13)10-16-7-6-12-4-2-3-5-14(12)16/h11-15H,2-10H2,1H3.